The smallest absolute Gasteiger partial charge is 0.407 e. The van der Waals surface area contributed by atoms with Gasteiger partial charge in [-0.25, -0.2) is 4.79 Å². The van der Waals surface area contributed by atoms with Gasteiger partial charge in [0.2, 0.25) is 0 Å². The molecule has 1 aromatic rings. The van der Waals surface area contributed by atoms with Crippen LogP contribution in [0.3, 0.4) is 0 Å². The molecule has 1 rings (SSSR count). The van der Waals surface area contributed by atoms with Gasteiger partial charge in [-0.15, -0.1) is 0 Å². The van der Waals surface area contributed by atoms with Crippen LogP contribution >= 0.6 is 15.9 Å². The van der Waals surface area contributed by atoms with Gasteiger partial charge in [0.1, 0.15) is 5.69 Å². The Hall–Kier alpha value is -2.42. The first kappa shape index (κ1) is 18.6. The molecular formula is C14H17BrN4O4. The Morgan fingerprint density at radius 2 is 2.26 bits per heavy atom. The van der Waals surface area contributed by atoms with Gasteiger partial charge in [-0.05, 0) is 41.1 Å². The molecule has 0 spiro atoms. The molecule has 124 valence electrons. The summed E-state index contributed by atoms with van der Waals surface area (Å²) in [5, 5.41) is 23.7. The van der Waals surface area contributed by atoms with Gasteiger partial charge in [0.15, 0.2) is 0 Å². The fraction of sp³-hybridized carbons (Fsp3) is 0.286. The van der Waals surface area contributed by atoms with Crippen LogP contribution < -0.4 is 0 Å². The van der Waals surface area contributed by atoms with Gasteiger partial charge in [-0.2, -0.15) is 5.10 Å². The predicted octanol–water partition coefficient (Wildman–Crippen LogP) is 3.01. The van der Waals surface area contributed by atoms with Crippen LogP contribution in [0.5, 0.6) is 0 Å². The molecule has 0 atom stereocenters. The molecule has 1 aromatic heterocycles. The summed E-state index contributed by atoms with van der Waals surface area (Å²) in [5.74, 6) is 0. The molecule has 1 amide bonds. The normalized spacial score (nSPS) is 11.7. The lowest BCUT2D eigenvalue weighted by Gasteiger charge is -2.12. The number of hydrogen-bond acceptors (Lipinski definition) is 4. The fourth-order valence-corrected chi connectivity index (χ4v) is 2.16. The first-order chi connectivity index (χ1) is 10.8. The summed E-state index contributed by atoms with van der Waals surface area (Å²) in [6.07, 6.45) is 5.35. The molecule has 0 saturated carbocycles. The Kier molecular flexibility index (Phi) is 6.70. The van der Waals surface area contributed by atoms with Crippen molar-refractivity contribution < 1.29 is 14.8 Å². The largest absolute Gasteiger partial charge is 0.465 e. The highest BCUT2D eigenvalue weighted by molar-refractivity contribution is 9.10. The first-order valence-corrected chi connectivity index (χ1v) is 7.40. The zero-order valence-electron chi connectivity index (χ0n) is 12.8. The molecule has 23 heavy (non-hydrogen) atoms. The van der Waals surface area contributed by atoms with E-state index in [9.17, 15) is 14.9 Å². The van der Waals surface area contributed by atoms with E-state index in [1.54, 1.807) is 30.0 Å². The number of nitro groups is 1. The molecule has 0 fully saturated rings. The monoisotopic (exact) mass is 384 g/mol. The molecular weight excluding hydrogens is 368 g/mol. The van der Waals surface area contributed by atoms with Crippen LogP contribution in [0.15, 0.2) is 41.2 Å². The molecule has 0 radical (unpaired) electrons. The van der Waals surface area contributed by atoms with Crippen molar-refractivity contribution in [2.45, 2.75) is 13.5 Å². The van der Waals surface area contributed by atoms with E-state index in [1.807, 2.05) is 0 Å². The van der Waals surface area contributed by atoms with Gasteiger partial charge in [-0.1, -0.05) is 6.08 Å². The quantitative estimate of drug-likeness (QED) is 0.442. The number of allylic oxidation sites excluding steroid dienone is 4. The third kappa shape index (κ3) is 5.37. The van der Waals surface area contributed by atoms with E-state index < -0.39 is 11.0 Å². The molecule has 8 nitrogen and oxygen atoms in total. The number of rotatable bonds is 7. The molecule has 0 aromatic carbocycles. The van der Waals surface area contributed by atoms with Gasteiger partial charge in [0.25, 0.3) is 5.70 Å². The Labute approximate surface area is 141 Å². The van der Waals surface area contributed by atoms with Crippen LogP contribution in [0.1, 0.15) is 12.6 Å². The predicted molar refractivity (Wildman–Crippen MR) is 89.5 cm³/mol. The van der Waals surface area contributed by atoms with Gasteiger partial charge < -0.3 is 10.0 Å². The molecule has 1 heterocycles. The maximum atomic E-state index is 10.8. The molecule has 0 saturated heterocycles. The lowest BCUT2D eigenvalue weighted by molar-refractivity contribution is -0.418. The summed E-state index contributed by atoms with van der Waals surface area (Å²) in [5.41, 5.74) is 1.08. The summed E-state index contributed by atoms with van der Waals surface area (Å²) >= 11 is 3.39. The molecule has 0 aliphatic carbocycles. The number of halogens is 1. The number of aromatic nitrogens is 2. The van der Waals surface area contributed by atoms with Crippen LogP contribution in [0.4, 0.5) is 4.79 Å². The summed E-state index contributed by atoms with van der Waals surface area (Å²) in [7, 11) is 1.48. The van der Waals surface area contributed by atoms with E-state index in [2.05, 4.69) is 27.6 Å². The summed E-state index contributed by atoms with van der Waals surface area (Å²) in [4.78, 5) is 21.9. The van der Waals surface area contributed by atoms with Crippen molar-refractivity contribution in [3.05, 3.63) is 57.0 Å². The van der Waals surface area contributed by atoms with Gasteiger partial charge in [-0.3, -0.25) is 14.8 Å². The molecule has 9 heteroatoms. The van der Waals surface area contributed by atoms with Crippen LogP contribution in [-0.4, -0.2) is 44.4 Å². The van der Waals surface area contributed by atoms with Crippen molar-refractivity contribution in [2.75, 3.05) is 13.6 Å². The maximum absolute atomic E-state index is 10.8. The van der Waals surface area contributed by atoms with Crippen molar-refractivity contribution in [1.82, 2.24) is 14.7 Å². The average molecular weight is 385 g/mol. The highest BCUT2D eigenvalue weighted by atomic mass is 79.9. The second-order valence-corrected chi connectivity index (χ2v) is 5.47. The zero-order valence-corrected chi connectivity index (χ0v) is 14.4. The highest BCUT2D eigenvalue weighted by Crippen LogP contribution is 2.24. The number of likely N-dealkylation sites (N-methyl/N-ethyl adjacent to an activating group) is 1. The van der Waals surface area contributed by atoms with Gasteiger partial charge in [0, 0.05) is 25.9 Å². The lowest BCUT2D eigenvalue weighted by Crippen LogP contribution is -2.28. The van der Waals surface area contributed by atoms with Crippen LogP contribution in [-0.2, 0) is 6.54 Å². The van der Waals surface area contributed by atoms with E-state index in [4.69, 9.17) is 5.11 Å². The SMILES string of the molecule is C=C(/C=C\C(=CC)c1nn(CCN(C)C(=O)O)cc1Br)[N+](=O)[O-]. The Bertz CT molecular complexity index is 678. The van der Waals surface area contributed by atoms with Crippen molar-refractivity contribution in [2.24, 2.45) is 0 Å². The summed E-state index contributed by atoms with van der Waals surface area (Å²) in [6.45, 7) is 5.81. The Morgan fingerprint density at radius 1 is 1.61 bits per heavy atom. The molecule has 0 unspecified atom stereocenters. The zero-order chi connectivity index (χ0) is 17.6. The second-order valence-electron chi connectivity index (χ2n) is 4.62. The van der Waals surface area contributed by atoms with E-state index in [0.717, 1.165) is 4.90 Å². The van der Waals surface area contributed by atoms with Crippen molar-refractivity contribution in [3.8, 4) is 0 Å². The summed E-state index contributed by atoms with van der Waals surface area (Å²) in [6, 6.07) is 0. The third-order valence-corrected chi connectivity index (χ3v) is 3.56. The summed E-state index contributed by atoms with van der Waals surface area (Å²) < 4.78 is 2.32. The van der Waals surface area contributed by atoms with Crippen LogP contribution in [0.25, 0.3) is 5.57 Å². The van der Waals surface area contributed by atoms with Crippen LogP contribution in [0, 0.1) is 10.1 Å². The highest BCUT2D eigenvalue weighted by Gasteiger charge is 2.12. The fourth-order valence-electron chi connectivity index (χ4n) is 1.61. The standard InChI is InChI=1S/C14H17BrN4O4/c1-4-11(6-5-10(2)19(22)23)13-12(15)9-18(16-13)8-7-17(3)14(20)21/h4-6,9H,2,7-8H2,1,3H3,(H,20,21)/b6-5-,11-4?. The van der Waals surface area contributed by atoms with E-state index in [-0.39, 0.29) is 5.70 Å². The minimum Gasteiger partial charge on any atom is -0.465 e. The Morgan fingerprint density at radius 3 is 2.78 bits per heavy atom. The number of carbonyl (C=O) groups is 1. The average Bonchev–Trinajstić information content (AvgIpc) is 2.86. The number of amides is 1. The van der Waals surface area contributed by atoms with Crippen LogP contribution in [0.2, 0.25) is 0 Å². The minimum atomic E-state index is -1.01. The third-order valence-electron chi connectivity index (χ3n) is 2.98. The first-order valence-electron chi connectivity index (χ1n) is 6.61. The Balaban J connectivity index is 2.89. The van der Waals surface area contributed by atoms with E-state index >= 15 is 0 Å². The topological polar surface area (TPSA) is 102 Å². The van der Waals surface area contributed by atoms with Crippen molar-refractivity contribution >= 4 is 27.6 Å². The number of hydrogen-bond donors (Lipinski definition) is 1. The molecule has 0 bridgehead atoms. The van der Waals surface area contributed by atoms with Crippen molar-refractivity contribution in [3.63, 3.8) is 0 Å². The van der Waals surface area contributed by atoms with Gasteiger partial charge in [0.05, 0.1) is 15.9 Å². The second kappa shape index (κ2) is 8.28. The number of carboxylic acid groups (broad SMARTS) is 1. The van der Waals surface area contributed by atoms with Gasteiger partial charge >= 0.3 is 6.09 Å². The molecule has 0 aliphatic heterocycles. The number of nitrogens with zero attached hydrogens (tertiary/aromatic N) is 4. The molecule has 0 aliphatic rings. The van der Waals surface area contributed by atoms with E-state index in [0.29, 0.717) is 28.8 Å². The molecule has 1 N–H and O–H groups in total. The minimum absolute atomic E-state index is 0.219. The van der Waals surface area contributed by atoms with Crippen molar-refractivity contribution in [1.29, 1.82) is 0 Å². The lowest BCUT2D eigenvalue weighted by atomic mass is 10.1. The maximum Gasteiger partial charge on any atom is 0.407 e. The van der Waals surface area contributed by atoms with E-state index in [1.165, 1.54) is 13.1 Å².